The molecule has 1 heterocycles. The summed E-state index contributed by atoms with van der Waals surface area (Å²) in [5.41, 5.74) is -0.0563. The van der Waals surface area contributed by atoms with Crippen LogP contribution >= 0.6 is 20.2 Å². The first-order valence-electron chi connectivity index (χ1n) is 8.92. The van der Waals surface area contributed by atoms with Crippen LogP contribution in [-0.4, -0.2) is 42.1 Å². The van der Waals surface area contributed by atoms with Gasteiger partial charge in [-0.25, -0.2) is 0 Å². The molecular formula is C20H15F3INO7. The number of benzene rings is 2. The summed E-state index contributed by atoms with van der Waals surface area (Å²) in [4.78, 5) is 51.8. The zero-order valence-corrected chi connectivity index (χ0v) is 18.5. The van der Waals surface area contributed by atoms with E-state index in [9.17, 15) is 32.3 Å². The van der Waals surface area contributed by atoms with Crippen molar-refractivity contribution >= 4 is 44.0 Å². The molecule has 32 heavy (non-hydrogen) atoms. The molecule has 0 N–H and O–H groups in total. The predicted octanol–water partition coefficient (Wildman–Crippen LogP) is 3.48. The average Bonchev–Trinajstić information content (AvgIpc) is 3.08. The van der Waals surface area contributed by atoms with E-state index in [0.717, 1.165) is 0 Å². The number of halogens is 4. The van der Waals surface area contributed by atoms with Crippen LogP contribution in [0.25, 0.3) is 0 Å². The van der Waals surface area contributed by atoms with Crippen molar-refractivity contribution in [3.8, 4) is 5.75 Å². The molecule has 12 heteroatoms. The zero-order valence-electron chi connectivity index (χ0n) is 16.3. The van der Waals surface area contributed by atoms with E-state index in [-0.39, 0.29) is 27.7 Å². The Bertz CT molecular complexity index is 1040. The average molecular weight is 565 g/mol. The Labute approximate surface area is 187 Å². The van der Waals surface area contributed by atoms with E-state index in [1.807, 2.05) is 0 Å². The molecule has 2 aromatic carbocycles. The first kappa shape index (κ1) is 23.5. The van der Waals surface area contributed by atoms with Crippen molar-refractivity contribution in [1.29, 1.82) is 0 Å². The molecule has 0 unspecified atom stereocenters. The van der Waals surface area contributed by atoms with E-state index in [1.165, 1.54) is 43.5 Å². The van der Waals surface area contributed by atoms with Gasteiger partial charge in [0.25, 0.3) is 0 Å². The normalized spacial score (nSPS) is 14.2. The van der Waals surface area contributed by atoms with Gasteiger partial charge in [0, 0.05) is 0 Å². The fourth-order valence-electron chi connectivity index (χ4n) is 2.56. The van der Waals surface area contributed by atoms with Gasteiger partial charge in [-0.15, -0.1) is 0 Å². The maximum absolute atomic E-state index is 12.8. The minimum atomic E-state index is -5.18. The molecule has 0 saturated carbocycles. The molecule has 1 aliphatic heterocycles. The Balaban J connectivity index is 1.88. The Hall–Kier alpha value is -3.16. The third-order valence-electron chi connectivity index (χ3n) is 4.08. The van der Waals surface area contributed by atoms with Gasteiger partial charge in [-0.2, -0.15) is 0 Å². The van der Waals surface area contributed by atoms with Crippen LogP contribution in [0, 0.1) is 7.14 Å². The number of rotatable bonds is 6. The van der Waals surface area contributed by atoms with Crippen LogP contribution in [0.1, 0.15) is 23.2 Å². The molecular weight excluding hydrogens is 550 g/mol. The second-order valence-electron chi connectivity index (χ2n) is 6.21. The molecule has 1 fully saturated rings. The standard InChI is InChI=1S/C20H15F3INO7/c1-30-15-5-3-2-4-14(15)24(31-19(29)20(21,22)23)13-8-6-12(7-9-13)18(28)32-25-16(26)10-11-17(25)27/h2-9H,10-11H2,1H3. The summed E-state index contributed by atoms with van der Waals surface area (Å²) < 4.78 is 49.2. The first-order chi connectivity index (χ1) is 15.1. The van der Waals surface area contributed by atoms with Gasteiger partial charge in [0.1, 0.15) is 0 Å². The van der Waals surface area contributed by atoms with Crippen molar-refractivity contribution in [3.63, 3.8) is 0 Å². The van der Waals surface area contributed by atoms with Crippen LogP contribution in [0.2, 0.25) is 0 Å². The number of methoxy groups -OCH3 is 1. The van der Waals surface area contributed by atoms with Gasteiger partial charge in [-0.1, -0.05) is 0 Å². The van der Waals surface area contributed by atoms with Gasteiger partial charge < -0.3 is 0 Å². The molecule has 1 aliphatic rings. The molecule has 0 aliphatic carbocycles. The number of hydrogen-bond acceptors (Lipinski definition) is 7. The van der Waals surface area contributed by atoms with Crippen LogP contribution < -0.4 is 4.74 Å². The molecule has 2 amide bonds. The number of amides is 2. The third kappa shape index (κ3) is 5.18. The van der Waals surface area contributed by atoms with Gasteiger partial charge in [-0.3, -0.25) is 0 Å². The predicted molar refractivity (Wildman–Crippen MR) is 109 cm³/mol. The van der Waals surface area contributed by atoms with Gasteiger partial charge in [0.15, 0.2) is 0 Å². The summed E-state index contributed by atoms with van der Waals surface area (Å²) in [5, 5.41) is 0.384. The molecule has 0 bridgehead atoms. The van der Waals surface area contributed by atoms with Crippen molar-refractivity contribution in [1.82, 2.24) is 5.06 Å². The monoisotopic (exact) mass is 565 g/mol. The van der Waals surface area contributed by atoms with Crippen LogP contribution in [0.15, 0.2) is 48.5 Å². The fourth-order valence-corrected chi connectivity index (χ4v) is 6.81. The molecule has 2 aromatic rings. The number of carbonyl (C=O) groups is 4. The second kappa shape index (κ2) is 9.54. The number of para-hydroxylation sites is 1. The number of alkyl halides is 3. The van der Waals surface area contributed by atoms with Crippen molar-refractivity contribution < 1.29 is 45.0 Å². The number of ether oxygens (including phenoxy) is 1. The molecule has 0 aromatic heterocycles. The topological polar surface area (TPSA) is 99.2 Å². The number of carbonyl (C=O) groups excluding carboxylic acids is 4. The van der Waals surface area contributed by atoms with Gasteiger partial charge in [-0.05, 0) is 0 Å². The molecule has 1 saturated heterocycles. The molecule has 0 radical (unpaired) electrons. The number of nitrogens with zero attached hydrogens (tertiary/aromatic N) is 1. The van der Waals surface area contributed by atoms with E-state index in [0.29, 0.717) is 8.63 Å². The molecule has 0 atom stereocenters. The quantitative estimate of drug-likeness (QED) is 0.391. The van der Waals surface area contributed by atoms with Crippen molar-refractivity contribution in [2.24, 2.45) is 0 Å². The molecule has 0 spiro atoms. The van der Waals surface area contributed by atoms with E-state index < -0.39 is 50.2 Å². The molecule has 170 valence electrons. The first-order valence-corrected chi connectivity index (χ1v) is 12.0. The number of imide groups is 1. The minimum absolute atomic E-state index is 0.0563. The maximum atomic E-state index is 12.8. The summed E-state index contributed by atoms with van der Waals surface area (Å²) in [7, 11) is 1.33. The van der Waals surface area contributed by atoms with Crippen molar-refractivity contribution in [3.05, 3.63) is 61.2 Å². The summed E-state index contributed by atoms with van der Waals surface area (Å²) in [6.45, 7) is 0. The Morgan fingerprint density at radius 2 is 1.56 bits per heavy atom. The van der Waals surface area contributed by atoms with Crippen LogP contribution in [-0.2, 0) is 22.3 Å². The van der Waals surface area contributed by atoms with Gasteiger partial charge >= 0.3 is 187 Å². The fraction of sp³-hybridized carbons (Fsp3) is 0.200. The molecule has 3 rings (SSSR count). The summed E-state index contributed by atoms with van der Waals surface area (Å²) in [5.74, 6) is -4.37. The Morgan fingerprint density at radius 3 is 2.12 bits per heavy atom. The number of hydroxylamine groups is 2. The number of hydrogen-bond donors (Lipinski definition) is 0. The van der Waals surface area contributed by atoms with Crippen molar-refractivity contribution in [2.75, 3.05) is 7.11 Å². The zero-order chi connectivity index (χ0) is 23.5. The Kier molecular flexibility index (Phi) is 7.01. The van der Waals surface area contributed by atoms with Crippen LogP contribution in [0.3, 0.4) is 0 Å². The SMILES string of the molecule is COc1ccccc1I(OC(=O)C(F)(F)F)c1ccc(C(=O)ON2C(=O)CCC2=O)cc1. The van der Waals surface area contributed by atoms with Crippen LogP contribution in [0.4, 0.5) is 13.2 Å². The Morgan fingerprint density at radius 1 is 0.969 bits per heavy atom. The third-order valence-corrected chi connectivity index (χ3v) is 8.72. The van der Waals surface area contributed by atoms with Crippen molar-refractivity contribution in [2.45, 2.75) is 19.0 Å². The van der Waals surface area contributed by atoms with Gasteiger partial charge in [0.05, 0.1) is 0 Å². The molecule has 8 nitrogen and oxygen atoms in total. The van der Waals surface area contributed by atoms with E-state index in [2.05, 4.69) is 0 Å². The van der Waals surface area contributed by atoms with Gasteiger partial charge in [0.2, 0.25) is 0 Å². The van der Waals surface area contributed by atoms with E-state index in [4.69, 9.17) is 12.6 Å². The van der Waals surface area contributed by atoms with E-state index in [1.54, 1.807) is 12.1 Å². The summed E-state index contributed by atoms with van der Waals surface area (Å²) in [6, 6.07) is 11.3. The summed E-state index contributed by atoms with van der Waals surface area (Å²) >= 11 is -3.46. The second-order valence-corrected chi connectivity index (χ2v) is 10.5. The van der Waals surface area contributed by atoms with Crippen LogP contribution in [0.5, 0.6) is 5.75 Å². The summed E-state index contributed by atoms with van der Waals surface area (Å²) in [6.07, 6.45) is -5.32. The van der Waals surface area contributed by atoms with E-state index >= 15 is 0 Å².